The van der Waals surface area contributed by atoms with E-state index in [2.05, 4.69) is 10.5 Å². The van der Waals surface area contributed by atoms with E-state index in [0.29, 0.717) is 16.8 Å². The van der Waals surface area contributed by atoms with Gasteiger partial charge in [-0.2, -0.15) is 0 Å². The zero-order valence-electron chi connectivity index (χ0n) is 24.5. The molecule has 0 bridgehead atoms. The van der Waals surface area contributed by atoms with E-state index in [1.165, 1.54) is 31.2 Å². The molecule has 0 aromatic heterocycles. The third kappa shape index (κ3) is 7.02. The lowest BCUT2D eigenvalue weighted by Crippen LogP contribution is -2.67. The predicted octanol–water partition coefficient (Wildman–Crippen LogP) is 0.772. The number of amides is 1. The van der Waals surface area contributed by atoms with Crippen LogP contribution in [0.15, 0.2) is 53.2 Å². The van der Waals surface area contributed by atoms with Gasteiger partial charge in [0.2, 0.25) is 5.91 Å². The van der Waals surface area contributed by atoms with E-state index in [-0.39, 0.29) is 31.1 Å². The van der Waals surface area contributed by atoms with E-state index in [9.17, 15) is 34.7 Å². The molecule has 14 heteroatoms. The second kappa shape index (κ2) is 13.9. The molecule has 10 atom stereocenters. The Morgan fingerprint density at radius 1 is 0.956 bits per heavy atom. The lowest BCUT2D eigenvalue weighted by Gasteiger charge is -2.41. The van der Waals surface area contributed by atoms with Crippen molar-refractivity contribution in [1.29, 1.82) is 0 Å². The van der Waals surface area contributed by atoms with Gasteiger partial charge in [0.1, 0.15) is 61.9 Å². The first-order valence-electron chi connectivity index (χ1n) is 14.4. The molecular formula is C31H36F2N2O10. The number of halogens is 2. The maximum absolute atomic E-state index is 15.0. The number of aliphatic hydroxyl groups is 5. The fourth-order valence-electron chi connectivity index (χ4n) is 5.81. The highest BCUT2D eigenvalue weighted by molar-refractivity contribution is 5.97. The fourth-order valence-corrected chi connectivity index (χ4v) is 5.81. The first-order valence-corrected chi connectivity index (χ1v) is 14.4. The smallest absolute Gasteiger partial charge is 0.247 e. The Labute approximate surface area is 257 Å². The number of aliphatic hydroxyl groups excluding tert-OH is 5. The zero-order valence-corrected chi connectivity index (χ0v) is 24.5. The summed E-state index contributed by atoms with van der Waals surface area (Å²) < 4.78 is 45.0. The number of carbonyl (C=O) groups excluding carboxylic acids is 1. The van der Waals surface area contributed by atoms with Gasteiger partial charge in [-0.3, -0.25) is 4.79 Å². The maximum atomic E-state index is 15.0. The summed E-state index contributed by atoms with van der Waals surface area (Å²) in [6.07, 6.45) is -8.19. The molecule has 0 unspecified atom stereocenters. The van der Waals surface area contributed by atoms with Crippen molar-refractivity contribution < 1.29 is 58.2 Å². The van der Waals surface area contributed by atoms with Gasteiger partial charge in [0.25, 0.3) is 0 Å². The van der Waals surface area contributed by atoms with Crippen LogP contribution in [0.3, 0.4) is 0 Å². The number of nitrogens with one attached hydrogen (secondary N) is 1. The molecule has 244 valence electrons. The molecule has 3 fully saturated rings. The summed E-state index contributed by atoms with van der Waals surface area (Å²) in [4.78, 5) is 18.1. The van der Waals surface area contributed by atoms with Crippen LogP contribution >= 0.6 is 0 Å². The molecule has 1 saturated heterocycles. The van der Waals surface area contributed by atoms with Crippen molar-refractivity contribution in [2.75, 3.05) is 6.79 Å². The van der Waals surface area contributed by atoms with Crippen molar-refractivity contribution in [2.24, 2.45) is 11.1 Å². The first kappa shape index (κ1) is 32.9. The Balaban J connectivity index is 1.18. The van der Waals surface area contributed by atoms with Crippen molar-refractivity contribution >= 4 is 17.7 Å². The number of oxime groups is 1. The van der Waals surface area contributed by atoms with Gasteiger partial charge < -0.3 is 49.9 Å². The molecule has 12 nitrogen and oxygen atoms in total. The second-order valence-electron chi connectivity index (χ2n) is 11.4. The Morgan fingerprint density at radius 2 is 1.67 bits per heavy atom. The van der Waals surface area contributed by atoms with E-state index < -0.39 is 78.3 Å². The topological polar surface area (TPSA) is 180 Å². The SMILES string of the molecule is CC(=Cc1ccc(O[C@@H]2C[C@H](C(C)=NOCc3ccccc3F)[C@@H](O)[C@@H]2O)c(F)c1)C(=O)N[C@@H]1[C@H](O)[C@@H](O)[C@H]2OCO[C@H]2[C@@H]1O. The lowest BCUT2D eigenvalue weighted by atomic mass is 9.83. The number of hydrogen-bond acceptors (Lipinski definition) is 11. The molecule has 0 radical (unpaired) electrons. The minimum atomic E-state index is -1.51. The number of hydrogen-bond donors (Lipinski definition) is 6. The maximum Gasteiger partial charge on any atom is 0.247 e. The molecule has 5 rings (SSSR count). The monoisotopic (exact) mass is 634 g/mol. The highest BCUT2D eigenvalue weighted by atomic mass is 19.1. The number of rotatable bonds is 9. The summed E-state index contributed by atoms with van der Waals surface area (Å²) in [5.74, 6) is -2.74. The van der Waals surface area contributed by atoms with Crippen LogP contribution in [0, 0.1) is 17.6 Å². The Morgan fingerprint density at radius 3 is 2.38 bits per heavy atom. The van der Waals surface area contributed by atoms with Crippen LogP contribution in [0.4, 0.5) is 8.78 Å². The van der Waals surface area contributed by atoms with Gasteiger partial charge in [0.05, 0.1) is 17.9 Å². The molecule has 1 heterocycles. The standard InChI is InChI=1S/C31H36F2N2O10/c1-14(31(41)34-23-26(38)28(40)30-29(27(23)39)42-13-43-30)9-16-7-8-21(20(33)10-16)45-22-11-18(24(36)25(22)37)15(2)35-44-12-17-5-3-4-6-19(17)32/h3-10,18,22-30,36-40H,11-13H2,1-2H3,(H,34,41)/t18-,22-,23-,24-,25-,26+,27-,28-,29+,30-/m1/s1. The first-order chi connectivity index (χ1) is 21.5. The zero-order chi connectivity index (χ0) is 32.4. The van der Waals surface area contributed by atoms with Crippen LogP contribution in [0.1, 0.15) is 31.4 Å². The number of fused-ring (bicyclic) bond motifs is 1. The van der Waals surface area contributed by atoms with Crippen LogP contribution in [-0.2, 0) is 25.7 Å². The van der Waals surface area contributed by atoms with Crippen LogP contribution < -0.4 is 10.1 Å². The summed E-state index contributed by atoms with van der Waals surface area (Å²) in [6, 6.07) is 8.75. The number of benzene rings is 2. The van der Waals surface area contributed by atoms with Crippen molar-refractivity contribution in [3.05, 3.63) is 70.8 Å². The average Bonchev–Trinajstić information content (AvgIpc) is 3.62. The second-order valence-corrected chi connectivity index (χ2v) is 11.4. The number of carbonyl (C=O) groups is 1. The van der Waals surface area contributed by atoms with Crippen molar-refractivity contribution in [2.45, 2.75) is 81.7 Å². The molecule has 6 N–H and O–H groups in total. The van der Waals surface area contributed by atoms with Gasteiger partial charge in [-0.15, -0.1) is 0 Å². The summed E-state index contributed by atoms with van der Waals surface area (Å²) in [5, 5.41) is 58.9. The summed E-state index contributed by atoms with van der Waals surface area (Å²) in [7, 11) is 0. The molecule has 45 heavy (non-hydrogen) atoms. The highest BCUT2D eigenvalue weighted by Crippen LogP contribution is 2.33. The van der Waals surface area contributed by atoms with E-state index >= 15 is 4.39 Å². The quantitative estimate of drug-likeness (QED) is 0.131. The molecular weight excluding hydrogens is 598 g/mol. The minimum absolute atomic E-state index is 0.105. The van der Waals surface area contributed by atoms with E-state index in [4.69, 9.17) is 19.0 Å². The van der Waals surface area contributed by atoms with Gasteiger partial charge >= 0.3 is 0 Å². The predicted molar refractivity (Wildman–Crippen MR) is 153 cm³/mol. The number of ether oxygens (including phenoxy) is 3. The third-order valence-electron chi connectivity index (χ3n) is 8.43. The van der Waals surface area contributed by atoms with E-state index in [1.54, 1.807) is 25.1 Å². The molecule has 2 aromatic rings. The van der Waals surface area contributed by atoms with Crippen LogP contribution in [0.25, 0.3) is 6.08 Å². The highest BCUT2D eigenvalue weighted by Gasteiger charge is 2.53. The van der Waals surface area contributed by atoms with E-state index in [0.717, 1.165) is 6.07 Å². The Hall–Kier alpha value is -3.50. The van der Waals surface area contributed by atoms with Crippen LogP contribution in [-0.4, -0.2) is 98.8 Å². The van der Waals surface area contributed by atoms with Crippen LogP contribution in [0.5, 0.6) is 5.75 Å². The van der Waals surface area contributed by atoms with E-state index in [1.807, 2.05) is 0 Å². The minimum Gasteiger partial charge on any atom is -0.485 e. The molecule has 0 spiro atoms. The molecule has 2 aliphatic carbocycles. The number of nitrogens with zero attached hydrogens (tertiary/aromatic N) is 1. The molecule has 3 aliphatic rings. The van der Waals surface area contributed by atoms with Crippen LogP contribution in [0.2, 0.25) is 0 Å². The lowest BCUT2D eigenvalue weighted by molar-refractivity contribution is -0.155. The summed E-state index contributed by atoms with van der Waals surface area (Å²) >= 11 is 0. The van der Waals surface area contributed by atoms with Crippen molar-refractivity contribution in [3.63, 3.8) is 0 Å². The summed E-state index contributed by atoms with van der Waals surface area (Å²) in [5.41, 5.74) is 1.07. The van der Waals surface area contributed by atoms with Crippen molar-refractivity contribution in [1.82, 2.24) is 5.32 Å². The van der Waals surface area contributed by atoms with Gasteiger partial charge in [-0.25, -0.2) is 8.78 Å². The summed E-state index contributed by atoms with van der Waals surface area (Å²) in [6.45, 7) is 2.76. The van der Waals surface area contributed by atoms with Gasteiger partial charge in [-0.05, 0) is 50.1 Å². The molecule has 1 amide bonds. The fraction of sp³-hybridized carbons (Fsp3) is 0.484. The Bertz CT molecular complexity index is 1440. The molecule has 2 saturated carbocycles. The van der Waals surface area contributed by atoms with Gasteiger partial charge in [0.15, 0.2) is 11.6 Å². The largest absolute Gasteiger partial charge is 0.485 e. The third-order valence-corrected chi connectivity index (χ3v) is 8.43. The molecule has 1 aliphatic heterocycles. The molecule has 2 aromatic carbocycles. The average molecular weight is 635 g/mol. The van der Waals surface area contributed by atoms with Crippen molar-refractivity contribution in [3.8, 4) is 5.75 Å². The van der Waals surface area contributed by atoms with Gasteiger partial charge in [0, 0.05) is 17.1 Å². The normalized spacial score (nSPS) is 33.5. The van der Waals surface area contributed by atoms with Gasteiger partial charge in [-0.1, -0.05) is 29.4 Å². The Kier molecular flexibility index (Phi) is 10.1.